The van der Waals surface area contributed by atoms with Gasteiger partial charge in [-0.3, -0.25) is 4.79 Å². The van der Waals surface area contributed by atoms with E-state index in [4.69, 9.17) is 9.47 Å². The first-order valence-electron chi connectivity index (χ1n) is 12.2. The lowest BCUT2D eigenvalue weighted by Gasteiger charge is -2.25. The van der Waals surface area contributed by atoms with Gasteiger partial charge in [0, 0.05) is 40.9 Å². The fourth-order valence-corrected chi connectivity index (χ4v) is 8.21. The molecule has 6 atom stereocenters. The van der Waals surface area contributed by atoms with Gasteiger partial charge in [0.2, 0.25) is 0 Å². The number of carbonyl (C=O) groups excluding carboxylic acids is 1. The monoisotopic (exact) mass is 872 g/mol. The summed E-state index contributed by atoms with van der Waals surface area (Å²) in [5.41, 5.74) is 0.688. The lowest BCUT2D eigenvalue weighted by atomic mass is 10.0. The van der Waals surface area contributed by atoms with Gasteiger partial charge in [0.1, 0.15) is 0 Å². The van der Waals surface area contributed by atoms with Crippen LogP contribution in [0.1, 0.15) is 81.5 Å². The zero-order valence-corrected chi connectivity index (χ0v) is 30.3. The third-order valence-corrected chi connectivity index (χ3v) is 14.6. The van der Waals surface area contributed by atoms with Crippen molar-refractivity contribution in [2.45, 2.75) is 100 Å². The Labute approximate surface area is 262 Å². The van der Waals surface area contributed by atoms with Crippen LogP contribution in [0, 0.1) is 0 Å². The molecule has 6 unspecified atom stereocenters. The van der Waals surface area contributed by atoms with Gasteiger partial charge in [-0.2, -0.15) is 0 Å². The first-order chi connectivity index (χ1) is 16.6. The molecule has 1 aromatic rings. The molecule has 35 heavy (non-hydrogen) atoms. The molecular weight excluding hydrogens is 840 g/mol. The Bertz CT molecular complexity index is 735. The molecule has 1 aromatic carbocycles. The van der Waals surface area contributed by atoms with Gasteiger partial charge < -0.3 is 9.47 Å². The molecule has 9 heteroatoms. The normalized spacial score (nSPS) is 16.7. The maximum absolute atomic E-state index is 12.5. The second-order valence-electron chi connectivity index (χ2n) is 8.77. The Morgan fingerprint density at radius 2 is 1.23 bits per heavy atom. The van der Waals surface area contributed by atoms with Crippen molar-refractivity contribution in [2.24, 2.45) is 0 Å². The van der Waals surface area contributed by atoms with Crippen molar-refractivity contribution >= 4 is 101 Å². The number of ether oxygens (including phenoxy) is 2. The molecule has 0 fully saturated rings. The number of hydrogen-bond acceptors (Lipinski definition) is 3. The van der Waals surface area contributed by atoms with E-state index in [0.717, 1.165) is 44.9 Å². The van der Waals surface area contributed by atoms with Crippen molar-refractivity contribution in [3.05, 3.63) is 23.8 Å². The second-order valence-corrected chi connectivity index (χ2v) is 15.8. The first kappa shape index (κ1) is 34.4. The van der Waals surface area contributed by atoms with E-state index in [0.29, 0.717) is 52.4 Å². The summed E-state index contributed by atoms with van der Waals surface area (Å²) in [5.74, 6) is 1.41. The number of ketones is 1. The summed E-state index contributed by atoms with van der Waals surface area (Å²) in [4.78, 5) is 15.1. The molecule has 0 bridgehead atoms. The lowest BCUT2D eigenvalue weighted by molar-refractivity contribution is 0.0978. The number of halogens is 6. The zero-order chi connectivity index (χ0) is 26.4. The van der Waals surface area contributed by atoms with Crippen LogP contribution in [0.5, 0.6) is 11.5 Å². The Morgan fingerprint density at radius 3 is 1.80 bits per heavy atom. The van der Waals surface area contributed by atoms with Crippen LogP contribution in [-0.2, 0) is 0 Å². The van der Waals surface area contributed by atoms with Crippen LogP contribution in [0.4, 0.5) is 0 Å². The topological polar surface area (TPSA) is 35.5 Å². The van der Waals surface area contributed by atoms with Gasteiger partial charge in [-0.05, 0) is 50.3 Å². The first-order valence-corrected chi connectivity index (χ1v) is 17.7. The van der Waals surface area contributed by atoms with Gasteiger partial charge in [-0.15, -0.1) is 0 Å². The van der Waals surface area contributed by atoms with Gasteiger partial charge in [0.05, 0.1) is 14.2 Å². The predicted molar refractivity (Wildman–Crippen MR) is 172 cm³/mol. The molecule has 0 saturated heterocycles. The molecule has 0 spiro atoms. The summed E-state index contributed by atoms with van der Waals surface area (Å²) >= 11 is 23.1. The summed E-state index contributed by atoms with van der Waals surface area (Å²) in [6.45, 7) is 2.20. The summed E-state index contributed by atoms with van der Waals surface area (Å²) < 4.78 is 10.5. The highest BCUT2D eigenvalue weighted by Gasteiger charge is 2.26. The maximum Gasteiger partial charge on any atom is 0.163 e. The molecule has 0 heterocycles. The molecule has 0 N–H and O–H groups in total. The fraction of sp³-hybridized carbons (Fsp3) is 0.731. The van der Waals surface area contributed by atoms with Gasteiger partial charge >= 0.3 is 0 Å². The third kappa shape index (κ3) is 13.3. The van der Waals surface area contributed by atoms with Crippen molar-refractivity contribution in [1.82, 2.24) is 0 Å². The lowest BCUT2D eigenvalue weighted by Crippen LogP contribution is -2.27. The minimum Gasteiger partial charge on any atom is -0.493 e. The number of carbonyl (C=O) groups is 1. The highest BCUT2D eigenvalue weighted by molar-refractivity contribution is 9.13. The van der Waals surface area contributed by atoms with E-state index in [2.05, 4.69) is 103 Å². The zero-order valence-electron chi connectivity index (χ0n) is 20.8. The third-order valence-electron chi connectivity index (χ3n) is 6.06. The summed E-state index contributed by atoms with van der Waals surface area (Å²) in [6, 6.07) is 5.37. The Kier molecular flexibility index (Phi) is 19.1. The molecule has 0 amide bonds. The van der Waals surface area contributed by atoms with Crippen LogP contribution in [0.25, 0.3) is 0 Å². The number of Topliss-reactive ketones (excluding diaryl/α,β-unsaturated/α-hetero) is 1. The number of benzene rings is 1. The molecule has 0 aromatic heterocycles. The number of alkyl halides is 6. The van der Waals surface area contributed by atoms with Gasteiger partial charge in [-0.1, -0.05) is 128 Å². The smallest absolute Gasteiger partial charge is 0.163 e. The number of unbranched alkanes of at least 4 members (excludes halogenated alkanes) is 4. The average molecular weight is 878 g/mol. The van der Waals surface area contributed by atoms with Crippen LogP contribution < -0.4 is 9.47 Å². The largest absolute Gasteiger partial charge is 0.493 e. The quantitative estimate of drug-likeness (QED) is 0.0789. The van der Waals surface area contributed by atoms with E-state index < -0.39 is 0 Å². The molecule has 0 saturated carbocycles. The molecule has 1 rings (SSSR count). The SMILES string of the molecule is CCC(Br)C(Br)CC(Br)C(Br)CC(Br)C(Br)CCCCCCCC(=O)c1ccc(OC)c(OC)c1. The van der Waals surface area contributed by atoms with E-state index >= 15 is 0 Å². The Morgan fingerprint density at radius 1 is 0.714 bits per heavy atom. The summed E-state index contributed by atoms with van der Waals surface area (Å²) in [6.07, 6.45) is 10.5. The predicted octanol–water partition coefficient (Wildman–Crippen LogP) is 10.4. The van der Waals surface area contributed by atoms with Crippen LogP contribution in [0.3, 0.4) is 0 Å². The van der Waals surface area contributed by atoms with Gasteiger partial charge in [0.15, 0.2) is 17.3 Å². The number of methoxy groups -OCH3 is 2. The molecular formula is C26H38Br6O3. The molecule has 202 valence electrons. The van der Waals surface area contributed by atoms with E-state index in [1.54, 1.807) is 26.4 Å². The van der Waals surface area contributed by atoms with Gasteiger partial charge in [-0.25, -0.2) is 0 Å². The standard InChI is InChI=1S/C26H38Br6O3/c1-4-18(27)20(29)15-22(31)23(32)16-21(30)19(28)10-8-6-5-7-9-11-24(33)17-12-13-25(34-2)26(14-17)35-3/h12-14,18-23H,4-11,15-16H2,1-3H3. The molecule has 0 aliphatic rings. The van der Waals surface area contributed by atoms with E-state index in [-0.39, 0.29) is 5.78 Å². The van der Waals surface area contributed by atoms with Crippen LogP contribution in [-0.4, -0.2) is 49.0 Å². The summed E-state index contributed by atoms with van der Waals surface area (Å²) in [7, 11) is 3.18. The highest BCUT2D eigenvalue weighted by atomic mass is 79.9. The highest BCUT2D eigenvalue weighted by Crippen LogP contribution is 2.33. The number of rotatable bonds is 19. The van der Waals surface area contributed by atoms with Gasteiger partial charge in [0.25, 0.3) is 0 Å². The van der Waals surface area contributed by atoms with Crippen molar-refractivity contribution < 1.29 is 14.3 Å². The number of hydrogen-bond donors (Lipinski definition) is 0. The average Bonchev–Trinajstić information content (AvgIpc) is 2.86. The minimum atomic E-state index is 0.163. The van der Waals surface area contributed by atoms with E-state index in [1.807, 2.05) is 6.07 Å². The fourth-order valence-electron chi connectivity index (χ4n) is 3.77. The van der Waals surface area contributed by atoms with Crippen LogP contribution >= 0.6 is 95.6 Å². The van der Waals surface area contributed by atoms with Crippen LogP contribution in [0.15, 0.2) is 18.2 Å². The minimum absolute atomic E-state index is 0.163. The molecule has 0 aliphatic carbocycles. The van der Waals surface area contributed by atoms with E-state index in [9.17, 15) is 4.79 Å². The van der Waals surface area contributed by atoms with Crippen molar-refractivity contribution in [3.8, 4) is 11.5 Å². The maximum atomic E-state index is 12.5. The Hall–Kier alpha value is 1.37. The van der Waals surface area contributed by atoms with Crippen molar-refractivity contribution in [1.29, 1.82) is 0 Å². The van der Waals surface area contributed by atoms with Crippen molar-refractivity contribution in [2.75, 3.05) is 14.2 Å². The Balaban J connectivity index is 2.23. The van der Waals surface area contributed by atoms with Crippen molar-refractivity contribution in [3.63, 3.8) is 0 Å². The summed E-state index contributed by atoms with van der Waals surface area (Å²) in [5, 5.41) is 0. The van der Waals surface area contributed by atoms with Crippen LogP contribution in [0.2, 0.25) is 0 Å². The molecule has 0 aliphatic heterocycles. The molecule has 3 nitrogen and oxygen atoms in total. The van der Waals surface area contributed by atoms with E-state index in [1.165, 1.54) is 12.8 Å². The molecule has 0 radical (unpaired) electrons. The second kappa shape index (κ2) is 19.4.